The van der Waals surface area contributed by atoms with Crippen LogP contribution in [-0.2, 0) is 16.0 Å². The van der Waals surface area contributed by atoms with Gasteiger partial charge in [0.25, 0.3) is 0 Å². The molecule has 0 spiro atoms. The number of rotatable bonds is 5. The van der Waals surface area contributed by atoms with Gasteiger partial charge in [-0.25, -0.2) is 4.98 Å². The van der Waals surface area contributed by atoms with Gasteiger partial charge in [0.2, 0.25) is 11.8 Å². The molecule has 0 radical (unpaired) electrons. The van der Waals surface area contributed by atoms with E-state index in [-0.39, 0.29) is 11.8 Å². The number of carbonyl (C=O) groups excluding carboxylic acids is 2. The first-order valence-corrected chi connectivity index (χ1v) is 8.83. The van der Waals surface area contributed by atoms with Crippen molar-refractivity contribution in [2.75, 3.05) is 16.8 Å². The van der Waals surface area contributed by atoms with Crippen molar-refractivity contribution in [1.29, 1.82) is 0 Å². The Morgan fingerprint density at radius 3 is 2.69 bits per heavy atom. The summed E-state index contributed by atoms with van der Waals surface area (Å²) in [5.41, 5.74) is 3.51. The van der Waals surface area contributed by atoms with Gasteiger partial charge < -0.3 is 15.2 Å². The highest BCUT2D eigenvalue weighted by Gasteiger charge is 2.21. The molecule has 6 heteroatoms. The Morgan fingerprint density at radius 2 is 1.96 bits per heavy atom. The Morgan fingerprint density at radius 1 is 1.15 bits per heavy atom. The molecule has 0 atom stereocenters. The molecular formula is C20H20N4O2. The van der Waals surface area contributed by atoms with Crippen LogP contribution in [0.15, 0.2) is 48.5 Å². The van der Waals surface area contributed by atoms with E-state index >= 15 is 0 Å². The van der Waals surface area contributed by atoms with Gasteiger partial charge in [0.05, 0.1) is 11.0 Å². The number of anilines is 2. The number of benzene rings is 2. The lowest BCUT2D eigenvalue weighted by Gasteiger charge is -2.16. The number of aromatic nitrogens is 2. The van der Waals surface area contributed by atoms with Gasteiger partial charge in [-0.15, -0.1) is 0 Å². The number of imidazole rings is 1. The first kappa shape index (κ1) is 16.3. The van der Waals surface area contributed by atoms with E-state index in [0.717, 1.165) is 41.2 Å². The molecule has 1 aliphatic rings. The van der Waals surface area contributed by atoms with E-state index < -0.39 is 0 Å². The van der Waals surface area contributed by atoms with Gasteiger partial charge in [0, 0.05) is 37.2 Å². The standard InChI is InChI=1S/C20H20N4O2/c25-19(12-11-18-22-16-4-1-2-5-17(16)23-18)21-14-7-9-15(10-8-14)24-13-3-6-20(24)26/h1-2,4-5,7-10H,3,6,11-13H2,(H,21,25)(H,22,23). The SMILES string of the molecule is O=C(CCc1nc2ccccc2[nH]1)Nc1ccc(N2CCCC2=O)cc1. The third-order valence-corrected chi connectivity index (χ3v) is 4.56. The molecule has 0 saturated carbocycles. The highest BCUT2D eigenvalue weighted by Crippen LogP contribution is 2.23. The van der Waals surface area contributed by atoms with E-state index in [1.165, 1.54) is 0 Å². The Kier molecular flexibility index (Phi) is 4.39. The summed E-state index contributed by atoms with van der Waals surface area (Å²) in [4.78, 5) is 33.4. The number of hydrogen-bond acceptors (Lipinski definition) is 3. The lowest BCUT2D eigenvalue weighted by molar-refractivity contribution is -0.117. The predicted molar refractivity (Wildman–Crippen MR) is 101 cm³/mol. The molecule has 0 bridgehead atoms. The van der Waals surface area contributed by atoms with Gasteiger partial charge in [-0.05, 0) is 42.8 Å². The van der Waals surface area contributed by atoms with Gasteiger partial charge in [-0.1, -0.05) is 12.1 Å². The number of nitrogens with one attached hydrogen (secondary N) is 2. The number of aromatic amines is 1. The monoisotopic (exact) mass is 348 g/mol. The summed E-state index contributed by atoms with van der Waals surface area (Å²) in [5.74, 6) is 0.910. The van der Waals surface area contributed by atoms with Crippen LogP contribution in [0.25, 0.3) is 11.0 Å². The Hall–Kier alpha value is -3.15. The van der Waals surface area contributed by atoms with E-state index in [1.807, 2.05) is 48.5 Å². The van der Waals surface area contributed by atoms with Crippen molar-refractivity contribution in [3.8, 4) is 0 Å². The van der Waals surface area contributed by atoms with Crippen LogP contribution in [0, 0.1) is 0 Å². The molecule has 0 aliphatic carbocycles. The lowest BCUT2D eigenvalue weighted by atomic mass is 10.2. The molecule has 26 heavy (non-hydrogen) atoms. The minimum absolute atomic E-state index is 0.0598. The molecule has 6 nitrogen and oxygen atoms in total. The molecule has 2 aromatic carbocycles. The lowest BCUT2D eigenvalue weighted by Crippen LogP contribution is -2.23. The minimum Gasteiger partial charge on any atom is -0.342 e. The molecule has 4 rings (SSSR count). The zero-order valence-electron chi connectivity index (χ0n) is 14.4. The zero-order chi connectivity index (χ0) is 17.9. The molecule has 2 amide bonds. The number of fused-ring (bicyclic) bond motifs is 1. The molecule has 0 unspecified atom stereocenters. The van der Waals surface area contributed by atoms with Gasteiger partial charge in [-0.2, -0.15) is 0 Å². The average molecular weight is 348 g/mol. The first-order valence-electron chi connectivity index (χ1n) is 8.83. The number of carbonyl (C=O) groups is 2. The maximum absolute atomic E-state index is 12.2. The molecule has 2 N–H and O–H groups in total. The first-order chi connectivity index (χ1) is 12.7. The van der Waals surface area contributed by atoms with Gasteiger partial charge in [0.1, 0.15) is 5.82 Å². The van der Waals surface area contributed by atoms with Crippen LogP contribution >= 0.6 is 0 Å². The summed E-state index contributed by atoms with van der Waals surface area (Å²) in [6.07, 6.45) is 2.42. The van der Waals surface area contributed by atoms with Crippen molar-refractivity contribution in [3.05, 3.63) is 54.4 Å². The molecule has 1 aromatic heterocycles. The second-order valence-electron chi connectivity index (χ2n) is 6.44. The number of nitrogens with zero attached hydrogens (tertiary/aromatic N) is 2. The van der Waals surface area contributed by atoms with Gasteiger partial charge >= 0.3 is 0 Å². The predicted octanol–water partition coefficient (Wildman–Crippen LogP) is 3.26. The fraction of sp³-hybridized carbons (Fsp3) is 0.250. The van der Waals surface area contributed by atoms with E-state index in [2.05, 4.69) is 15.3 Å². The fourth-order valence-corrected chi connectivity index (χ4v) is 3.23. The number of hydrogen-bond donors (Lipinski definition) is 2. The summed E-state index contributed by atoms with van der Waals surface area (Å²) in [6.45, 7) is 0.766. The summed E-state index contributed by atoms with van der Waals surface area (Å²) in [6, 6.07) is 15.2. The van der Waals surface area contributed by atoms with Gasteiger partial charge in [-0.3, -0.25) is 9.59 Å². The molecule has 1 saturated heterocycles. The van der Waals surface area contributed by atoms with Crippen LogP contribution in [0.5, 0.6) is 0 Å². The van der Waals surface area contributed by atoms with Gasteiger partial charge in [0.15, 0.2) is 0 Å². The summed E-state index contributed by atoms with van der Waals surface area (Å²) < 4.78 is 0. The molecule has 132 valence electrons. The molecule has 1 fully saturated rings. The number of H-pyrrole nitrogens is 1. The second-order valence-corrected chi connectivity index (χ2v) is 6.44. The van der Waals surface area contributed by atoms with Crippen molar-refractivity contribution in [2.45, 2.75) is 25.7 Å². The summed E-state index contributed by atoms with van der Waals surface area (Å²) >= 11 is 0. The normalized spacial score (nSPS) is 14.2. The van der Waals surface area contributed by atoms with Crippen LogP contribution in [0.4, 0.5) is 11.4 Å². The summed E-state index contributed by atoms with van der Waals surface area (Å²) in [5, 5.41) is 2.89. The Balaban J connectivity index is 1.33. The topological polar surface area (TPSA) is 78.1 Å². The Labute approximate surface area is 151 Å². The van der Waals surface area contributed by atoms with Crippen molar-refractivity contribution in [3.63, 3.8) is 0 Å². The highest BCUT2D eigenvalue weighted by atomic mass is 16.2. The van der Waals surface area contributed by atoms with E-state index in [1.54, 1.807) is 4.90 Å². The average Bonchev–Trinajstić information content (AvgIpc) is 3.26. The van der Waals surface area contributed by atoms with Crippen molar-refractivity contribution in [2.24, 2.45) is 0 Å². The minimum atomic E-state index is -0.0598. The zero-order valence-corrected chi connectivity index (χ0v) is 14.4. The molecule has 1 aliphatic heterocycles. The van der Waals surface area contributed by atoms with Crippen LogP contribution in [-0.4, -0.2) is 28.3 Å². The van der Waals surface area contributed by atoms with Crippen molar-refractivity contribution < 1.29 is 9.59 Å². The van der Waals surface area contributed by atoms with Crippen molar-refractivity contribution >= 4 is 34.2 Å². The van der Waals surface area contributed by atoms with E-state index in [0.29, 0.717) is 19.3 Å². The second kappa shape index (κ2) is 7.00. The Bertz CT molecular complexity index is 913. The number of para-hydroxylation sites is 2. The third kappa shape index (κ3) is 3.44. The van der Waals surface area contributed by atoms with Crippen LogP contribution < -0.4 is 10.2 Å². The third-order valence-electron chi connectivity index (χ3n) is 4.56. The number of aryl methyl sites for hydroxylation is 1. The largest absolute Gasteiger partial charge is 0.342 e. The maximum atomic E-state index is 12.2. The van der Waals surface area contributed by atoms with Crippen LogP contribution in [0.3, 0.4) is 0 Å². The quantitative estimate of drug-likeness (QED) is 0.743. The van der Waals surface area contributed by atoms with Crippen molar-refractivity contribution in [1.82, 2.24) is 9.97 Å². The number of amides is 2. The molecular weight excluding hydrogens is 328 g/mol. The van der Waals surface area contributed by atoms with Crippen LogP contribution in [0.2, 0.25) is 0 Å². The van der Waals surface area contributed by atoms with Crippen LogP contribution in [0.1, 0.15) is 25.1 Å². The maximum Gasteiger partial charge on any atom is 0.227 e. The summed E-state index contributed by atoms with van der Waals surface area (Å²) in [7, 11) is 0. The highest BCUT2D eigenvalue weighted by molar-refractivity contribution is 5.96. The smallest absolute Gasteiger partial charge is 0.227 e. The fourth-order valence-electron chi connectivity index (χ4n) is 3.23. The molecule has 2 heterocycles. The van der Waals surface area contributed by atoms with E-state index in [4.69, 9.17) is 0 Å². The molecule has 3 aromatic rings. The van der Waals surface area contributed by atoms with E-state index in [9.17, 15) is 9.59 Å².